The summed E-state index contributed by atoms with van der Waals surface area (Å²) in [4.78, 5) is 15.1. The van der Waals surface area contributed by atoms with Gasteiger partial charge >= 0.3 is 0 Å². The van der Waals surface area contributed by atoms with E-state index in [1.54, 1.807) is 12.1 Å². The van der Waals surface area contributed by atoms with Crippen molar-refractivity contribution in [3.8, 4) is 0 Å². The van der Waals surface area contributed by atoms with Crippen molar-refractivity contribution in [3.05, 3.63) is 34.4 Å². The first-order valence-electron chi connectivity index (χ1n) is 8.62. The number of rotatable bonds is 3. The molecule has 4 rings (SSSR count). The number of nitro groups is 1. The van der Waals surface area contributed by atoms with Gasteiger partial charge < -0.3 is 10.1 Å². The van der Waals surface area contributed by atoms with E-state index in [4.69, 9.17) is 0 Å². The van der Waals surface area contributed by atoms with Gasteiger partial charge in [0.1, 0.15) is 0 Å². The van der Waals surface area contributed by atoms with Crippen LogP contribution in [0.4, 0.5) is 11.4 Å². The van der Waals surface area contributed by atoms with Gasteiger partial charge in [-0.1, -0.05) is 5.16 Å². The molecule has 3 aliphatic rings. The number of non-ortho nitro benzene ring substituents is 1. The molecule has 128 valence electrons. The zero-order chi connectivity index (χ0) is 16.7. The van der Waals surface area contributed by atoms with E-state index in [1.807, 2.05) is 12.1 Å². The molecule has 1 saturated heterocycles. The number of nitro benzene ring substituents is 1. The molecule has 1 heterocycles. The predicted octanol–water partition coefficient (Wildman–Crippen LogP) is 2.35. The van der Waals surface area contributed by atoms with Gasteiger partial charge in [-0.15, -0.1) is 0 Å². The molecule has 0 amide bonds. The van der Waals surface area contributed by atoms with E-state index in [0.29, 0.717) is 17.9 Å². The van der Waals surface area contributed by atoms with Crippen LogP contribution >= 0.6 is 0 Å². The van der Waals surface area contributed by atoms with Crippen LogP contribution < -0.4 is 4.90 Å². The third kappa shape index (κ3) is 2.53. The lowest BCUT2D eigenvalue weighted by Crippen LogP contribution is -2.54. The fraction of sp³-hybridized carbons (Fsp3) is 0.588. The number of hydrogen-bond donors (Lipinski definition) is 1. The van der Waals surface area contributed by atoms with Crippen molar-refractivity contribution in [2.75, 3.05) is 31.1 Å². The molecule has 2 saturated carbocycles. The Morgan fingerprint density at radius 1 is 1.12 bits per heavy atom. The summed E-state index contributed by atoms with van der Waals surface area (Å²) in [6.45, 7) is 3.66. The molecule has 7 heteroatoms. The Bertz CT molecular complexity index is 652. The SMILES string of the molecule is O=[N+]([O-])c1ccc(N2CCN([C@H]3/C(=N\O)[C@H]4CC[C@H]3C4)CC2)cc1. The zero-order valence-electron chi connectivity index (χ0n) is 13.5. The molecule has 7 nitrogen and oxygen atoms in total. The van der Waals surface area contributed by atoms with E-state index >= 15 is 0 Å². The Hall–Kier alpha value is -2.15. The first kappa shape index (κ1) is 15.4. The van der Waals surface area contributed by atoms with E-state index in [9.17, 15) is 15.3 Å². The van der Waals surface area contributed by atoms with Crippen LogP contribution in [0.25, 0.3) is 0 Å². The molecule has 1 aromatic carbocycles. The van der Waals surface area contributed by atoms with Gasteiger partial charge in [0.2, 0.25) is 0 Å². The summed E-state index contributed by atoms with van der Waals surface area (Å²) in [5.41, 5.74) is 2.16. The van der Waals surface area contributed by atoms with Crippen LogP contribution in [-0.2, 0) is 0 Å². The van der Waals surface area contributed by atoms with Crippen molar-refractivity contribution in [2.45, 2.75) is 25.3 Å². The minimum atomic E-state index is -0.368. The van der Waals surface area contributed by atoms with Gasteiger partial charge in [-0.05, 0) is 37.3 Å². The van der Waals surface area contributed by atoms with E-state index in [0.717, 1.165) is 37.6 Å². The van der Waals surface area contributed by atoms with Crippen molar-refractivity contribution in [1.29, 1.82) is 0 Å². The smallest absolute Gasteiger partial charge is 0.269 e. The number of anilines is 1. The zero-order valence-corrected chi connectivity index (χ0v) is 13.5. The lowest BCUT2D eigenvalue weighted by Gasteiger charge is -2.41. The molecule has 1 aromatic rings. The minimum absolute atomic E-state index is 0.128. The number of oxime groups is 1. The molecule has 3 atom stereocenters. The van der Waals surface area contributed by atoms with Gasteiger partial charge in [-0.3, -0.25) is 15.0 Å². The summed E-state index contributed by atoms with van der Waals surface area (Å²) in [5, 5.41) is 23.8. The standard InChI is InChI=1S/C17H22N4O3/c22-18-16-12-1-2-13(11-12)17(16)20-9-7-19(8-10-20)14-3-5-15(6-4-14)21(23)24/h3-6,12-13,17,22H,1-2,7-11H2/b18-16-/t12-,13-,17+/m0/s1. The maximum absolute atomic E-state index is 10.8. The predicted molar refractivity (Wildman–Crippen MR) is 90.7 cm³/mol. The van der Waals surface area contributed by atoms with E-state index in [2.05, 4.69) is 15.0 Å². The molecule has 3 fully saturated rings. The molecule has 0 spiro atoms. The molecule has 0 unspecified atom stereocenters. The Morgan fingerprint density at radius 2 is 1.83 bits per heavy atom. The fourth-order valence-electron chi connectivity index (χ4n) is 4.72. The van der Waals surface area contributed by atoms with Crippen molar-refractivity contribution < 1.29 is 10.1 Å². The van der Waals surface area contributed by atoms with Crippen LogP contribution in [-0.4, -0.2) is 53.0 Å². The monoisotopic (exact) mass is 330 g/mol. The highest BCUT2D eigenvalue weighted by Crippen LogP contribution is 2.45. The second-order valence-corrected chi connectivity index (χ2v) is 7.04. The van der Waals surface area contributed by atoms with Crippen molar-refractivity contribution >= 4 is 17.1 Å². The van der Waals surface area contributed by atoms with Gasteiger partial charge in [0.25, 0.3) is 5.69 Å². The molecule has 24 heavy (non-hydrogen) atoms. The average Bonchev–Trinajstić information content (AvgIpc) is 3.23. The van der Waals surface area contributed by atoms with Crippen LogP contribution in [0.2, 0.25) is 0 Å². The highest BCUT2D eigenvalue weighted by atomic mass is 16.6. The summed E-state index contributed by atoms with van der Waals surface area (Å²) < 4.78 is 0. The molecular weight excluding hydrogens is 308 g/mol. The van der Waals surface area contributed by atoms with Gasteiger partial charge in [0.05, 0.1) is 16.7 Å². The topological polar surface area (TPSA) is 82.2 Å². The molecule has 2 bridgehead atoms. The minimum Gasteiger partial charge on any atom is -0.411 e. The normalized spacial score (nSPS) is 31.8. The van der Waals surface area contributed by atoms with Crippen LogP contribution in [0.1, 0.15) is 19.3 Å². The highest BCUT2D eigenvalue weighted by molar-refractivity contribution is 5.94. The largest absolute Gasteiger partial charge is 0.411 e. The second kappa shape index (κ2) is 6.05. The summed E-state index contributed by atoms with van der Waals surface area (Å²) >= 11 is 0. The number of benzene rings is 1. The van der Waals surface area contributed by atoms with Crippen LogP contribution in [0.3, 0.4) is 0 Å². The maximum Gasteiger partial charge on any atom is 0.269 e. The Balaban J connectivity index is 1.41. The molecular formula is C17H22N4O3. The van der Waals surface area contributed by atoms with Gasteiger partial charge in [0, 0.05) is 49.9 Å². The lowest BCUT2D eigenvalue weighted by molar-refractivity contribution is -0.384. The van der Waals surface area contributed by atoms with E-state index < -0.39 is 0 Å². The quantitative estimate of drug-likeness (QED) is 0.522. The van der Waals surface area contributed by atoms with Gasteiger partial charge in [-0.25, -0.2) is 0 Å². The van der Waals surface area contributed by atoms with E-state index in [-0.39, 0.29) is 10.6 Å². The maximum atomic E-state index is 10.8. The summed E-state index contributed by atoms with van der Waals surface area (Å²) in [5.74, 6) is 1.13. The first-order valence-corrected chi connectivity index (χ1v) is 8.62. The van der Waals surface area contributed by atoms with Crippen LogP contribution in [0, 0.1) is 22.0 Å². The molecule has 0 aromatic heterocycles. The molecule has 0 radical (unpaired) electrons. The van der Waals surface area contributed by atoms with E-state index in [1.165, 1.54) is 19.3 Å². The first-order chi connectivity index (χ1) is 11.7. The summed E-state index contributed by atoms with van der Waals surface area (Å²) in [6.07, 6.45) is 3.59. The second-order valence-electron chi connectivity index (χ2n) is 7.04. The average molecular weight is 330 g/mol. The Labute approximate surface area is 140 Å². The fourth-order valence-corrected chi connectivity index (χ4v) is 4.72. The molecule has 2 aliphatic carbocycles. The Kier molecular flexibility index (Phi) is 3.88. The summed E-state index contributed by atoms with van der Waals surface area (Å²) in [6, 6.07) is 7.09. The van der Waals surface area contributed by atoms with Gasteiger partial charge in [-0.2, -0.15) is 0 Å². The molecule has 1 N–H and O–H groups in total. The third-order valence-corrected chi connectivity index (χ3v) is 5.89. The Morgan fingerprint density at radius 3 is 2.46 bits per heavy atom. The van der Waals surface area contributed by atoms with Gasteiger partial charge in [0.15, 0.2) is 0 Å². The lowest BCUT2D eigenvalue weighted by atomic mass is 9.91. The molecule has 1 aliphatic heterocycles. The van der Waals surface area contributed by atoms with Crippen molar-refractivity contribution in [2.24, 2.45) is 17.0 Å². The van der Waals surface area contributed by atoms with Crippen LogP contribution in [0.15, 0.2) is 29.4 Å². The number of nitrogens with zero attached hydrogens (tertiary/aromatic N) is 4. The third-order valence-electron chi connectivity index (χ3n) is 5.89. The van der Waals surface area contributed by atoms with Crippen molar-refractivity contribution in [1.82, 2.24) is 4.90 Å². The highest BCUT2D eigenvalue weighted by Gasteiger charge is 2.48. The number of fused-ring (bicyclic) bond motifs is 2. The van der Waals surface area contributed by atoms with Crippen LogP contribution in [0.5, 0.6) is 0 Å². The summed E-state index contributed by atoms with van der Waals surface area (Å²) in [7, 11) is 0. The number of piperazine rings is 1. The van der Waals surface area contributed by atoms with Crippen molar-refractivity contribution in [3.63, 3.8) is 0 Å². The number of hydrogen-bond acceptors (Lipinski definition) is 6.